The van der Waals surface area contributed by atoms with Crippen molar-refractivity contribution in [2.75, 3.05) is 0 Å². The predicted molar refractivity (Wildman–Crippen MR) is 109 cm³/mol. The van der Waals surface area contributed by atoms with Gasteiger partial charge in [0.05, 0.1) is 0 Å². The number of carbonyl (C=O) groups is 1. The number of carbonyl (C=O) groups excluding carboxylic acids is 1. The lowest BCUT2D eigenvalue weighted by Crippen LogP contribution is -2.42. The molecule has 2 aliphatic carbocycles. The molecule has 0 heterocycles. The Morgan fingerprint density at radius 3 is 2.28 bits per heavy atom. The topological polar surface area (TPSA) is 17.1 Å². The SMILES string of the molecule is CC(C)CCCC(C)C(C)C1CCC2CC(=O)CCC2C1CC(C)C. The van der Waals surface area contributed by atoms with E-state index in [-0.39, 0.29) is 0 Å². The zero-order valence-electron chi connectivity index (χ0n) is 17.9. The summed E-state index contributed by atoms with van der Waals surface area (Å²) < 4.78 is 0. The predicted octanol–water partition coefficient (Wildman–Crippen LogP) is 7.14. The van der Waals surface area contributed by atoms with E-state index < -0.39 is 0 Å². The van der Waals surface area contributed by atoms with Gasteiger partial charge in [0.1, 0.15) is 5.78 Å². The molecular formula is C24H44O. The molecule has 0 radical (unpaired) electrons. The molecule has 0 bridgehead atoms. The van der Waals surface area contributed by atoms with Crippen molar-refractivity contribution in [1.82, 2.24) is 0 Å². The molecule has 2 saturated carbocycles. The summed E-state index contributed by atoms with van der Waals surface area (Å²) in [7, 11) is 0. The molecule has 1 heteroatoms. The van der Waals surface area contributed by atoms with Gasteiger partial charge in [0, 0.05) is 12.8 Å². The number of fused-ring (bicyclic) bond motifs is 1. The molecule has 2 fully saturated rings. The quantitative estimate of drug-likeness (QED) is 0.455. The van der Waals surface area contributed by atoms with E-state index in [1.807, 2.05) is 0 Å². The molecule has 0 aromatic rings. The van der Waals surface area contributed by atoms with Crippen LogP contribution in [0.1, 0.15) is 99.3 Å². The Balaban J connectivity index is 2.02. The zero-order valence-corrected chi connectivity index (χ0v) is 17.9. The van der Waals surface area contributed by atoms with E-state index in [4.69, 9.17) is 0 Å². The highest BCUT2D eigenvalue weighted by atomic mass is 16.1. The summed E-state index contributed by atoms with van der Waals surface area (Å²) in [5.41, 5.74) is 0. The minimum Gasteiger partial charge on any atom is -0.300 e. The molecule has 1 nitrogen and oxygen atoms in total. The van der Waals surface area contributed by atoms with Crippen molar-refractivity contribution in [3.05, 3.63) is 0 Å². The molecule has 0 aromatic heterocycles. The Kier molecular flexibility index (Phi) is 8.02. The van der Waals surface area contributed by atoms with E-state index in [1.165, 1.54) is 44.9 Å². The van der Waals surface area contributed by atoms with Crippen molar-refractivity contribution < 1.29 is 4.79 Å². The van der Waals surface area contributed by atoms with Crippen LogP contribution < -0.4 is 0 Å². The average Bonchev–Trinajstić information content (AvgIpc) is 2.53. The first-order valence-electron chi connectivity index (χ1n) is 11.3. The van der Waals surface area contributed by atoms with Crippen LogP contribution in [0.25, 0.3) is 0 Å². The van der Waals surface area contributed by atoms with Gasteiger partial charge in [-0.05, 0) is 73.0 Å². The van der Waals surface area contributed by atoms with Crippen molar-refractivity contribution in [3.8, 4) is 0 Å². The molecule has 0 aliphatic heterocycles. The van der Waals surface area contributed by atoms with Crippen molar-refractivity contribution in [2.24, 2.45) is 47.3 Å². The lowest BCUT2D eigenvalue weighted by molar-refractivity contribution is -0.125. The standard InChI is InChI=1S/C24H44O/c1-16(2)8-7-9-18(5)19(6)22-12-10-20-15-21(25)11-13-23(20)24(22)14-17(3)4/h16-20,22-24H,7-15H2,1-6H3. The van der Waals surface area contributed by atoms with E-state index in [9.17, 15) is 4.79 Å². The van der Waals surface area contributed by atoms with Crippen molar-refractivity contribution in [1.29, 1.82) is 0 Å². The van der Waals surface area contributed by atoms with E-state index in [1.54, 1.807) is 0 Å². The van der Waals surface area contributed by atoms with Gasteiger partial charge in [0.2, 0.25) is 0 Å². The second-order valence-corrected chi connectivity index (χ2v) is 10.4. The fraction of sp³-hybridized carbons (Fsp3) is 0.958. The molecule has 6 atom stereocenters. The van der Waals surface area contributed by atoms with Gasteiger partial charge in [-0.15, -0.1) is 0 Å². The highest BCUT2D eigenvalue weighted by Crippen LogP contribution is 2.51. The fourth-order valence-electron chi connectivity index (χ4n) is 6.01. The maximum absolute atomic E-state index is 11.9. The molecule has 2 rings (SSSR count). The third kappa shape index (κ3) is 5.83. The summed E-state index contributed by atoms with van der Waals surface area (Å²) in [6.07, 6.45) is 11.2. The van der Waals surface area contributed by atoms with Crippen LogP contribution in [-0.4, -0.2) is 5.78 Å². The highest BCUT2D eigenvalue weighted by Gasteiger charge is 2.44. The van der Waals surface area contributed by atoms with Crippen LogP contribution in [0.4, 0.5) is 0 Å². The summed E-state index contributed by atoms with van der Waals surface area (Å²) in [6.45, 7) is 14.5. The van der Waals surface area contributed by atoms with Crippen LogP contribution in [0.5, 0.6) is 0 Å². The van der Waals surface area contributed by atoms with Crippen LogP contribution in [0.2, 0.25) is 0 Å². The third-order valence-corrected chi connectivity index (χ3v) is 7.58. The highest BCUT2D eigenvalue weighted by molar-refractivity contribution is 5.79. The summed E-state index contributed by atoms with van der Waals surface area (Å²) in [5.74, 6) is 7.17. The van der Waals surface area contributed by atoms with Crippen LogP contribution in [-0.2, 0) is 4.79 Å². The molecule has 0 spiro atoms. The largest absolute Gasteiger partial charge is 0.300 e. The molecule has 0 aromatic carbocycles. The van der Waals surface area contributed by atoms with Crippen LogP contribution in [0.3, 0.4) is 0 Å². The smallest absolute Gasteiger partial charge is 0.133 e. The summed E-state index contributed by atoms with van der Waals surface area (Å²) >= 11 is 0. The van der Waals surface area contributed by atoms with Crippen molar-refractivity contribution in [3.63, 3.8) is 0 Å². The van der Waals surface area contributed by atoms with Crippen LogP contribution >= 0.6 is 0 Å². The Labute approximate surface area is 157 Å². The average molecular weight is 349 g/mol. The Morgan fingerprint density at radius 1 is 0.920 bits per heavy atom. The first kappa shape index (κ1) is 21.0. The van der Waals surface area contributed by atoms with Gasteiger partial charge in [0.15, 0.2) is 0 Å². The number of ketones is 1. The van der Waals surface area contributed by atoms with Gasteiger partial charge in [0.25, 0.3) is 0 Å². The van der Waals surface area contributed by atoms with Gasteiger partial charge >= 0.3 is 0 Å². The minimum absolute atomic E-state index is 0.540. The van der Waals surface area contributed by atoms with E-state index >= 15 is 0 Å². The lowest BCUT2D eigenvalue weighted by Gasteiger charge is -2.49. The van der Waals surface area contributed by atoms with Gasteiger partial charge < -0.3 is 0 Å². The second-order valence-electron chi connectivity index (χ2n) is 10.4. The van der Waals surface area contributed by atoms with Gasteiger partial charge in [-0.2, -0.15) is 0 Å². The fourth-order valence-corrected chi connectivity index (χ4v) is 6.01. The number of Topliss-reactive ketones (excluding diaryl/α,β-unsaturated/α-hetero) is 1. The number of hydrogen-bond donors (Lipinski definition) is 0. The minimum atomic E-state index is 0.540. The van der Waals surface area contributed by atoms with Crippen LogP contribution in [0.15, 0.2) is 0 Å². The Hall–Kier alpha value is -0.330. The maximum atomic E-state index is 11.9. The summed E-state index contributed by atoms with van der Waals surface area (Å²) in [6, 6.07) is 0. The van der Waals surface area contributed by atoms with Gasteiger partial charge in [-0.1, -0.05) is 60.8 Å². The Bertz CT molecular complexity index is 410. The number of rotatable bonds is 8. The lowest BCUT2D eigenvalue weighted by atomic mass is 9.56. The molecule has 0 N–H and O–H groups in total. The monoisotopic (exact) mass is 348 g/mol. The molecule has 2 aliphatic rings. The van der Waals surface area contributed by atoms with E-state index in [0.29, 0.717) is 11.7 Å². The first-order valence-corrected chi connectivity index (χ1v) is 11.3. The summed E-state index contributed by atoms with van der Waals surface area (Å²) in [5, 5.41) is 0. The molecule has 0 saturated heterocycles. The molecule has 0 amide bonds. The first-order chi connectivity index (χ1) is 11.8. The molecule has 146 valence electrons. The van der Waals surface area contributed by atoms with E-state index in [0.717, 1.165) is 54.3 Å². The maximum Gasteiger partial charge on any atom is 0.133 e. The number of hydrogen-bond acceptors (Lipinski definition) is 1. The molecule has 6 unspecified atom stereocenters. The van der Waals surface area contributed by atoms with E-state index in [2.05, 4.69) is 41.5 Å². The van der Waals surface area contributed by atoms with Crippen molar-refractivity contribution in [2.45, 2.75) is 99.3 Å². The summed E-state index contributed by atoms with van der Waals surface area (Å²) in [4.78, 5) is 11.9. The van der Waals surface area contributed by atoms with Crippen LogP contribution in [0, 0.1) is 47.3 Å². The van der Waals surface area contributed by atoms with Gasteiger partial charge in [-0.25, -0.2) is 0 Å². The van der Waals surface area contributed by atoms with Crippen molar-refractivity contribution >= 4 is 5.78 Å². The molecule has 25 heavy (non-hydrogen) atoms. The Morgan fingerprint density at radius 2 is 1.64 bits per heavy atom. The zero-order chi connectivity index (χ0) is 18.6. The molecular weight excluding hydrogens is 304 g/mol. The third-order valence-electron chi connectivity index (χ3n) is 7.58. The second kappa shape index (κ2) is 9.56. The van der Waals surface area contributed by atoms with Gasteiger partial charge in [-0.3, -0.25) is 4.79 Å². The normalized spacial score (nSPS) is 32.7.